The molecule has 0 unspecified atom stereocenters. The van der Waals surface area contributed by atoms with Crippen molar-refractivity contribution in [3.63, 3.8) is 0 Å². The Morgan fingerprint density at radius 3 is 2.53 bits per heavy atom. The van der Waals surface area contributed by atoms with Gasteiger partial charge >= 0.3 is 0 Å². The smallest absolute Gasteiger partial charge is 0.255 e. The molecule has 1 aliphatic heterocycles. The quantitative estimate of drug-likeness (QED) is 0.226. The molecule has 0 atom stereocenters. The van der Waals surface area contributed by atoms with E-state index in [1.54, 1.807) is 57.7 Å². The number of aldehydes is 1. The van der Waals surface area contributed by atoms with Crippen molar-refractivity contribution in [1.29, 1.82) is 0 Å². The summed E-state index contributed by atoms with van der Waals surface area (Å²) in [7, 11) is 4.81. The van der Waals surface area contributed by atoms with Gasteiger partial charge in [-0.05, 0) is 49.4 Å². The second kappa shape index (κ2) is 11.2. The Kier molecular flexibility index (Phi) is 7.25. The normalized spacial score (nSPS) is 11.7. The second-order valence-electron chi connectivity index (χ2n) is 10.2. The molecule has 1 N–H and O–H groups in total. The molecular formula is C34H28FN3O5. The largest absolute Gasteiger partial charge is 0.470 e. The molecule has 0 aliphatic carbocycles. The van der Waals surface area contributed by atoms with E-state index in [9.17, 15) is 14.0 Å². The number of carbonyl (C=O) groups is 2. The lowest BCUT2D eigenvalue weighted by Gasteiger charge is -2.21. The van der Waals surface area contributed by atoms with E-state index in [0.717, 1.165) is 17.4 Å². The van der Waals surface area contributed by atoms with Crippen molar-refractivity contribution < 1.29 is 27.9 Å². The molecule has 0 bridgehead atoms. The summed E-state index contributed by atoms with van der Waals surface area (Å²) < 4.78 is 32.8. The second-order valence-corrected chi connectivity index (χ2v) is 10.2. The van der Waals surface area contributed by atoms with Gasteiger partial charge in [0.1, 0.15) is 28.6 Å². The molecule has 1 aliphatic rings. The Morgan fingerprint density at radius 2 is 1.81 bits per heavy atom. The standard InChI is InChI=1S/C32H22FN3O4.C2H6O/c1-17-6-8-18(9-7-17)31-29(32(38)34-2)22-13-20(19(15-37)12-28(22)40-31)24-10-11-27-30(35-24)26-14-21-23(33)4-3-5-25(21)36(26)16-39-27;1-3-2/h3-15H,16H2,1-2H3,(H,34,38);1-2H3. The molecular weight excluding hydrogens is 549 g/mol. The minimum atomic E-state index is -0.322. The van der Waals surface area contributed by atoms with Gasteiger partial charge < -0.3 is 23.8 Å². The van der Waals surface area contributed by atoms with Crippen LogP contribution in [0, 0.1) is 12.7 Å². The highest BCUT2D eigenvalue weighted by Gasteiger charge is 2.26. The number of benzene rings is 3. The van der Waals surface area contributed by atoms with Crippen molar-refractivity contribution in [3.05, 3.63) is 95.3 Å². The first-order valence-electron chi connectivity index (χ1n) is 13.6. The molecule has 0 fully saturated rings. The number of hydrogen-bond donors (Lipinski definition) is 1. The van der Waals surface area contributed by atoms with Crippen LogP contribution >= 0.6 is 0 Å². The molecule has 0 spiro atoms. The summed E-state index contributed by atoms with van der Waals surface area (Å²) in [5, 5.41) is 3.74. The highest BCUT2D eigenvalue weighted by atomic mass is 19.1. The maximum atomic E-state index is 14.6. The first-order chi connectivity index (χ1) is 20.9. The van der Waals surface area contributed by atoms with Crippen molar-refractivity contribution >= 4 is 34.1 Å². The van der Waals surface area contributed by atoms with Crippen LogP contribution in [0.25, 0.3) is 55.8 Å². The zero-order valence-corrected chi connectivity index (χ0v) is 24.0. The summed E-state index contributed by atoms with van der Waals surface area (Å²) in [6.45, 7) is 2.21. The van der Waals surface area contributed by atoms with Gasteiger partial charge in [0.15, 0.2) is 13.0 Å². The number of halogens is 1. The average molecular weight is 578 g/mol. The number of methoxy groups -OCH3 is 1. The van der Waals surface area contributed by atoms with E-state index >= 15 is 0 Å². The number of carbonyl (C=O) groups excluding carboxylic acids is 2. The van der Waals surface area contributed by atoms with Gasteiger partial charge in [0.25, 0.3) is 5.91 Å². The van der Waals surface area contributed by atoms with Gasteiger partial charge in [-0.25, -0.2) is 9.37 Å². The minimum Gasteiger partial charge on any atom is -0.470 e. The van der Waals surface area contributed by atoms with Gasteiger partial charge in [-0.15, -0.1) is 0 Å². The molecule has 216 valence electrons. The summed E-state index contributed by atoms with van der Waals surface area (Å²) in [6, 6.07) is 21.3. The number of pyridine rings is 1. The maximum absolute atomic E-state index is 14.6. The number of amides is 1. The van der Waals surface area contributed by atoms with Gasteiger partial charge in [0.05, 0.1) is 22.5 Å². The summed E-state index contributed by atoms with van der Waals surface area (Å²) >= 11 is 0. The maximum Gasteiger partial charge on any atom is 0.255 e. The zero-order valence-electron chi connectivity index (χ0n) is 24.0. The first-order valence-corrected chi connectivity index (χ1v) is 13.6. The number of nitrogens with zero attached hydrogens (tertiary/aromatic N) is 2. The van der Waals surface area contributed by atoms with Crippen molar-refractivity contribution in [2.45, 2.75) is 13.7 Å². The van der Waals surface area contributed by atoms with Crippen LogP contribution in [0.3, 0.4) is 0 Å². The molecule has 6 aromatic rings. The predicted molar refractivity (Wildman–Crippen MR) is 163 cm³/mol. The van der Waals surface area contributed by atoms with Crippen LogP contribution in [0.1, 0.15) is 26.3 Å². The molecule has 3 aromatic carbocycles. The van der Waals surface area contributed by atoms with E-state index in [-0.39, 0.29) is 18.5 Å². The van der Waals surface area contributed by atoms with E-state index in [2.05, 4.69) is 10.1 Å². The Morgan fingerprint density at radius 1 is 1.05 bits per heavy atom. The third kappa shape index (κ3) is 4.73. The summed E-state index contributed by atoms with van der Waals surface area (Å²) in [5.41, 5.74) is 5.97. The molecule has 7 rings (SSSR count). The molecule has 4 heterocycles. The molecule has 0 radical (unpaired) electrons. The number of nitrogens with one attached hydrogen (secondary N) is 1. The fraction of sp³-hybridized carbons (Fsp3) is 0.147. The molecule has 1 amide bonds. The number of fused-ring (bicyclic) bond motifs is 6. The molecule has 43 heavy (non-hydrogen) atoms. The van der Waals surface area contributed by atoms with E-state index in [4.69, 9.17) is 14.1 Å². The van der Waals surface area contributed by atoms with Crippen molar-refractivity contribution in [2.24, 2.45) is 0 Å². The van der Waals surface area contributed by atoms with Crippen molar-refractivity contribution in [3.8, 4) is 39.7 Å². The van der Waals surface area contributed by atoms with Crippen LogP contribution in [-0.4, -0.2) is 43.0 Å². The third-order valence-corrected chi connectivity index (χ3v) is 7.37. The Hall–Kier alpha value is -5.28. The Labute approximate surface area is 246 Å². The van der Waals surface area contributed by atoms with Crippen molar-refractivity contribution in [2.75, 3.05) is 21.3 Å². The molecule has 0 saturated heterocycles. The number of furan rings is 1. The highest BCUT2D eigenvalue weighted by Crippen LogP contribution is 2.41. The number of aromatic nitrogens is 2. The molecule has 9 heteroatoms. The lowest BCUT2D eigenvalue weighted by Crippen LogP contribution is -2.18. The fourth-order valence-electron chi connectivity index (χ4n) is 5.35. The van der Waals surface area contributed by atoms with E-state index < -0.39 is 0 Å². The van der Waals surface area contributed by atoms with Gasteiger partial charge in [-0.2, -0.15) is 0 Å². The lowest BCUT2D eigenvalue weighted by molar-refractivity contribution is 0.0964. The summed E-state index contributed by atoms with van der Waals surface area (Å²) in [4.78, 5) is 30.2. The van der Waals surface area contributed by atoms with E-state index in [0.29, 0.717) is 67.2 Å². The summed E-state index contributed by atoms with van der Waals surface area (Å²) in [6.07, 6.45) is 0.742. The van der Waals surface area contributed by atoms with Gasteiger partial charge in [0, 0.05) is 48.7 Å². The number of aryl methyl sites for hydroxylation is 1. The summed E-state index contributed by atoms with van der Waals surface area (Å²) in [5.74, 6) is 0.347. The Bertz CT molecular complexity index is 2020. The van der Waals surface area contributed by atoms with Crippen LogP contribution in [0.5, 0.6) is 5.75 Å². The van der Waals surface area contributed by atoms with Crippen LogP contribution in [0.15, 0.2) is 77.2 Å². The van der Waals surface area contributed by atoms with Crippen LogP contribution in [-0.2, 0) is 11.5 Å². The highest BCUT2D eigenvalue weighted by molar-refractivity contribution is 6.13. The van der Waals surface area contributed by atoms with Crippen LogP contribution < -0.4 is 10.1 Å². The predicted octanol–water partition coefficient (Wildman–Crippen LogP) is 7.02. The van der Waals surface area contributed by atoms with E-state index in [1.165, 1.54) is 6.07 Å². The zero-order chi connectivity index (χ0) is 30.2. The van der Waals surface area contributed by atoms with Gasteiger partial charge in [-0.3, -0.25) is 9.59 Å². The minimum absolute atomic E-state index is 0.230. The monoisotopic (exact) mass is 577 g/mol. The number of ether oxygens (including phenoxy) is 2. The average Bonchev–Trinajstić information content (AvgIpc) is 3.60. The van der Waals surface area contributed by atoms with Gasteiger partial charge in [-0.1, -0.05) is 35.9 Å². The molecule has 8 nitrogen and oxygen atoms in total. The topological polar surface area (TPSA) is 95.6 Å². The van der Waals surface area contributed by atoms with Gasteiger partial charge in [0.2, 0.25) is 0 Å². The molecule has 3 aromatic heterocycles. The Balaban J connectivity index is 0.00000105. The van der Waals surface area contributed by atoms with Crippen molar-refractivity contribution in [1.82, 2.24) is 14.9 Å². The van der Waals surface area contributed by atoms with E-state index in [1.807, 2.05) is 41.8 Å². The number of rotatable bonds is 4. The fourth-order valence-corrected chi connectivity index (χ4v) is 5.35. The SMILES string of the molecule is CNC(=O)c1c(-c2ccc(C)cc2)oc2cc(C=O)c(-c3ccc4c(n3)-c3cc5c(F)cccc5n3CO4)cc12.COC. The van der Waals surface area contributed by atoms with Crippen LogP contribution in [0.4, 0.5) is 4.39 Å². The lowest BCUT2D eigenvalue weighted by atomic mass is 9.98. The number of hydrogen-bond acceptors (Lipinski definition) is 6. The molecule has 0 saturated carbocycles. The first kappa shape index (κ1) is 27.9. The van der Waals surface area contributed by atoms with Crippen LogP contribution in [0.2, 0.25) is 0 Å². The third-order valence-electron chi connectivity index (χ3n) is 7.37.